The Labute approximate surface area is 114 Å². The van der Waals surface area contributed by atoms with Gasteiger partial charge in [-0.1, -0.05) is 0 Å². The van der Waals surface area contributed by atoms with Crippen molar-refractivity contribution >= 4 is 27.0 Å². The van der Waals surface area contributed by atoms with E-state index in [1.54, 1.807) is 10.9 Å². The molecule has 19 heavy (non-hydrogen) atoms. The van der Waals surface area contributed by atoms with Crippen LogP contribution in [0.25, 0.3) is 0 Å². The molecule has 5 nitrogen and oxygen atoms in total. The van der Waals surface area contributed by atoms with E-state index in [2.05, 4.69) is 4.98 Å². The Morgan fingerprint density at radius 1 is 1.47 bits per heavy atom. The lowest BCUT2D eigenvalue weighted by atomic mass is 10.3. The van der Waals surface area contributed by atoms with E-state index in [1.807, 2.05) is 0 Å². The van der Waals surface area contributed by atoms with Gasteiger partial charge in [-0.3, -0.25) is 0 Å². The molecule has 0 radical (unpaired) electrons. The summed E-state index contributed by atoms with van der Waals surface area (Å²) in [5.41, 5.74) is 7.92. The molecule has 1 aromatic carbocycles. The molecule has 0 fully saturated rings. The van der Waals surface area contributed by atoms with Crippen LogP contribution in [0.2, 0.25) is 0 Å². The largest absolute Gasteiger partial charge is 0.399 e. The first kappa shape index (κ1) is 13.9. The van der Waals surface area contributed by atoms with Gasteiger partial charge in [0.15, 0.2) is 0 Å². The highest BCUT2D eigenvalue weighted by atomic mass is 32.2. The summed E-state index contributed by atoms with van der Waals surface area (Å²) in [6, 6.07) is 3.47. The lowest BCUT2D eigenvalue weighted by molar-refractivity contribution is 0.456. The number of halogens is 1. The molecule has 0 bridgehead atoms. The molecule has 1 aromatic heterocycles. The van der Waals surface area contributed by atoms with Crippen molar-refractivity contribution in [3.63, 3.8) is 0 Å². The normalized spacial score (nSPS) is 11.9. The molecule has 2 rings (SSSR count). The standard InChI is InChI=1S/C11H12FN3O2S2/c1-15(5-9-6-18-7-14-9)19(16,17)11-4-8(13)2-3-10(11)12/h2-4,6-7H,5,13H2,1H3. The van der Waals surface area contributed by atoms with E-state index in [9.17, 15) is 12.8 Å². The van der Waals surface area contributed by atoms with Gasteiger partial charge >= 0.3 is 0 Å². The van der Waals surface area contributed by atoms with E-state index < -0.39 is 20.7 Å². The third kappa shape index (κ3) is 2.91. The number of rotatable bonds is 4. The maximum absolute atomic E-state index is 13.6. The second-order valence-electron chi connectivity index (χ2n) is 3.93. The highest BCUT2D eigenvalue weighted by molar-refractivity contribution is 7.89. The fourth-order valence-electron chi connectivity index (χ4n) is 1.51. The molecule has 0 spiro atoms. The summed E-state index contributed by atoms with van der Waals surface area (Å²) in [6.07, 6.45) is 0. The average Bonchev–Trinajstić information content (AvgIpc) is 2.85. The Hall–Kier alpha value is -1.51. The molecule has 0 atom stereocenters. The van der Waals surface area contributed by atoms with Crippen LogP contribution in [0.4, 0.5) is 10.1 Å². The molecule has 2 N–H and O–H groups in total. The fraction of sp³-hybridized carbons (Fsp3) is 0.182. The molecule has 1 heterocycles. The number of benzene rings is 1. The Morgan fingerprint density at radius 2 is 2.21 bits per heavy atom. The second kappa shape index (κ2) is 5.24. The third-order valence-corrected chi connectivity index (χ3v) is 4.97. The molecule has 0 unspecified atom stereocenters. The lowest BCUT2D eigenvalue weighted by Gasteiger charge is -2.16. The number of aromatic nitrogens is 1. The summed E-state index contributed by atoms with van der Waals surface area (Å²) < 4.78 is 39.1. The summed E-state index contributed by atoms with van der Waals surface area (Å²) in [4.78, 5) is 3.57. The predicted octanol–water partition coefficient (Wildman–Crippen LogP) is 1.69. The van der Waals surface area contributed by atoms with Crippen LogP contribution in [-0.2, 0) is 16.6 Å². The zero-order valence-electron chi connectivity index (χ0n) is 10.1. The SMILES string of the molecule is CN(Cc1cscn1)S(=O)(=O)c1cc(N)ccc1F. The van der Waals surface area contributed by atoms with Gasteiger partial charge in [-0.05, 0) is 18.2 Å². The molecule has 0 saturated heterocycles. The summed E-state index contributed by atoms with van der Waals surface area (Å²) in [7, 11) is -2.55. The maximum atomic E-state index is 13.6. The first-order valence-corrected chi connectivity index (χ1v) is 7.68. The minimum Gasteiger partial charge on any atom is -0.399 e. The first-order chi connectivity index (χ1) is 8.91. The Morgan fingerprint density at radius 3 is 2.84 bits per heavy atom. The van der Waals surface area contributed by atoms with Gasteiger partial charge in [-0.2, -0.15) is 4.31 Å². The van der Waals surface area contributed by atoms with Crippen molar-refractivity contribution in [2.75, 3.05) is 12.8 Å². The van der Waals surface area contributed by atoms with E-state index in [-0.39, 0.29) is 12.2 Å². The predicted molar refractivity (Wildman–Crippen MR) is 71.6 cm³/mol. The molecule has 0 aliphatic carbocycles. The molecular weight excluding hydrogens is 289 g/mol. The van der Waals surface area contributed by atoms with Crippen LogP contribution in [0.3, 0.4) is 0 Å². The molecule has 8 heteroatoms. The topological polar surface area (TPSA) is 76.3 Å². The van der Waals surface area contributed by atoms with E-state index in [0.29, 0.717) is 5.69 Å². The molecule has 0 aliphatic rings. The summed E-state index contributed by atoms with van der Waals surface area (Å²) >= 11 is 1.37. The maximum Gasteiger partial charge on any atom is 0.246 e. The van der Waals surface area contributed by atoms with Crippen LogP contribution in [0.1, 0.15) is 5.69 Å². The number of hydrogen-bond acceptors (Lipinski definition) is 5. The van der Waals surface area contributed by atoms with E-state index in [0.717, 1.165) is 16.4 Å². The van der Waals surface area contributed by atoms with Gasteiger partial charge in [0, 0.05) is 18.1 Å². The fourth-order valence-corrected chi connectivity index (χ4v) is 3.30. The van der Waals surface area contributed by atoms with Crippen molar-refractivity contribution in [1.29, 1.82) is 0 Å². The Bertz CT molecular complexity index is 671. The molecule has 0 aliphatic heterocycles. The molecular formula is C11H12FN3O2S2. The Kier molecular flexibility index (Phi) is 3.83. The lowest BCUT2D eigenvalue weighted by Crippen LogP contribution is -2.27. The number of nitrogens with two attached hydrogens (primary N) is 1. The van der Waals surface area contributed by atoms with Crippen LogP contribution >= 0.6 is 11.3 Å². The number of nitrogen functional groups attached to an aromatic ring is 1. The number of sulfonamides is 1. The zero-order valence-corrected chi connectivity index (χ0v) is 11.7. The summed E-state index contributed by atoms with van der Waals surface area (Å²) in [5.74, 6) is -0.820. The van der Waals surface area contributed by atoms with Crippen molar-refractivity contribution < 1.29 is 12.8 Å². The van der Waals surface area contributed by atoms with Gasteiger partial charge < -0.3 is 5.73 Å². The van der Waals surface area contributed by atoms with Crippen LogP contribution < -0.4 is 5.73 Å². The van der Waals surface area contributed by atoms with Crippen molar-refractivity contribution in [2.24, 2.45) is 0 Å². The number of nitrogens with zero attached hydrogens (tertiary/aromatic N) is 2. The first-order valence-electron chi connectivity index (χ1n) is 5.29. The van der Waals surface area contributed by atoms with Crippen LogP contribution in [-0.4, -0.2) is 24.8 Å². The summed E-state index contributed by atoms with van der Waals surface area (Å²) in [5, 5.41) is 1.74. The van der Waals surface area contributed by atoms with Gasteiger partial charge in [0.05, 0.1) is 17.7 Å². The Balaban J connectivity index is 2.33. The highest BCUT2D eigenvalue weighted by Crippen LogP contribution is 2.22. The van der Waals surface area contributed by atoms with E-state index in [4.69, 9.17) is 5.73 Å². The minimum absolute atomic E-state index is 0.0834. The third-order valence-electron chi connectivity index (χ3n) is 2.51. The number of thiazole rings is 1. The van der Waals surface area contributed by atoms with Gasteiger partial charge in [-0.15, -0.1) is 11.3 Å². The van der Waals surface area contributed by atoms with Crippen molar-refractivity contribution in [1.82, 2.24) is 9.29 Å². The molecule has 0 amide bonds. The van der Waals surface area contributed by atoms with Crippen LogP contribution in [0.5, 0.6) is 0 Å². The molecule has 2 aromatic rings. The van der Waals surface area contributed by atoms with E-state index in [1.165, 1.54) is 24.5 Å². The van der Waals surface area contributed by atoms with E-state index >= 15 is 0 Å². The van der Waals surface area contributed by atoms with Crippen molar-refractivity contribution in [3.05, 3.63) is 40.6 Å². The monoisotopic (exact) mass is 301 g/mol. The quantitative estimate of drug-likeness (QED) is 0.872. The van der Waals surface area contributed by atoms with Gasteiger partial charge in [0.1, 0.15) is 10.7 Å². The number of anilines is 1. The summed E-state index contributed by atoms with van der Waals surface area (Å²) in [6.45, 7) is 0.0834. The number of hydrogen-bond donors (Lipinski definition) is 1. The molecule has 102 valence electrons. The van der Waals surface area contributed by atoms with Crippen molar-refractivity contribution in [2.45, 2.75) is 11.4 Å². The molecule has 0 saturated carbocycles. The smallest absolute Gasteiger partial charge is 0.246 e. The van der Waals surface area contributed by atoms with Crippen LogP contribution in [0, 0.1) is 5.82 Å². The van der Waals surface area contributed by atoms with Gasteiger partial charge in [-0.25, -0.2) is 17.8 Å². The van der Waals surface area contributed by atoms with Gasteiger partial charge in [0.25, 0.3) is 0 Å². The van der Waals surface area contributed by atoms with Crippen LogP contribution in [0.15, 0.2) is 34.0 Å². The van der Waals surface area contributed by atoms with Crippen molar-refractivity contribution in [3.8, 4) is 0 Å². The minimum atomic E-state index is -3.93. The highest BCUT2D eigenvalue weighted by Gasteiger charge is 2.25. The average molecular weight is 301 g/mol. The second-order valence-corrected chi connectivity index (χ2v) is 6.66. The zero-order chi connectivity index (χ0) is 14.0. The van der Waals surface area contributed by atoms with Gasteiger partial charge in [0.2, 0.25) is 10.0 Å².